The van der Waals surface area contributed by atoms with Crippen LogP contribution < -0.4 is 0 Å². The van der Waals surface area contributed by atoms with Gasteiger partial charge in [0.2, 0.25) is 0 Å². The van der Waals surface area contributed by atoms with Crippen molar-refractivity contribution >= 4 is 17.4 Å². The van der Waals surface area contributed by atoms with Gasteiger partial charge in [0.1, 0.15) is 0 Å². The Morgan fingerprint density at radius 3 is 0.500 bits per heavy atom. The molecule has 42 valence electrons. The van der Waals surface area contributed by atoms with Crippen molar-refractivity contribution in [2.24, 2.45) is 0 Å². The second-order valence-electron chi connectivity index (χ2n) is 0. The van der Waals surface area contributed by atoms with E-state index in [0.717, 1.165) is 0 Å². The molecule has 0 fully saturated rings. The van der Waals surface area contributed by atoms with E-state index in [1.54, 1.807) is 0 Å². The standard InChI is InChI=1S/Al.4H2O.Ti.3H/h;4*1H2;;;;. The van der Waals surface area contributed by atoms with Gasteiger partial charge in [0.25, 0.3) is 0 Å². The van der Waals surface area contributed by atoms with Crippen LogP contribution in [0.5, 0.6) is 0 Å². The van der Waals surface area contributed by atoms with Gasteiger partial charge in [-0.15, -0.1) is 0 Å². The third kappa shape index (κ3) is 71.9. The van der Waals surface area contributed by atoms with Crippen LogP contribution in [-0.4, -0.2) is 39.3 Å². The monoisotopic (exact) mass is 150 g/mol. The Kier molecular flexibility index (Phi) is 4940. The fourth-order valence-corrected chi connectivity index (χ4v) is 0. The maximum Gasteiger partial charge on any atom is 0.187 e. The van der Waals surface area contributed by atoms with Crippen LogP contribution in [0.1, 0.15) is 0 Å². The van der Waals surface area contributed by atoms with Crippen LogP contribution in [0, 0.1) is 0 Å². The molecule has 6 heteroatoms. The van der Waals surface area contributed by atoms with Crippen molar-refractivity contribution in [3.05, 3.63) is 0 Å². The van der Waals surface area contributed by atoms with E-state index in [4.69, 9.17) is 0 Å². The van der Waals surface area contributed by atoms with Gasteiger partial charge < -0.3 is 21.9 Å². The van der Waals surface area contributed by atoms with Gasteiger partial charge in [0.15, 0.2) is 17.4 Å². The Labute approximate surface area is 61.2 Å². The van der Waals surface area contributed by atoms with Crippen molar-refractivity contribution in [1.82, 2.24) is 0 Å². The molecule has 0 spiro atoms. The SMILES string of the molecule is O.O.O.O.[AlH3].[Ti]. The molecule has 0 aliphatic carbocycles. The molecule has 0 aromatic carbocycles. The summed E-state index contributed by atoms with van der Waals surface area (Å²) >= 11 is 0. The first-order valence-electron chi connectivity index (χ1n) is 0. The molecule has 0 atom stereocenters. The van der Waals surface area contributed by atoms with Crippen LogP contribution in [0.3, 0.4) is 0 Å². The van der Waals surface area contributed by atoms with Gasteiger partial charge in [0.05, 0.1) is 0 Å². The molecular formula is H11AlO4Ti. The molecule has 0 aromatic heterocycles. The smallest absolute Gasteiger partial charge is 0.187 e. The fraction of sp³-hybridized carbons (Fsp3) is 0. The first-order chi connectivity index (χ1) is 0. The van der Waals surface area contributed by atoms with Gasteiger partial charge in [-0.1, -0.05) is 0 Å². The Morgan fingerprint density at radius 1 is 0.500 bits per heavy atom. The van der Waals surface area contributed by atoms with Crippen molar-refractivity contribution in [1.29, 1.82) is 0 Å². The van der Waals surface area contributed by atoms with Crippen molar-refractivity contribution < 1.29 is 43.6 Å². The predicted molar refractivity (Wildman–Crippen MR) is 24.4 cm³/mol. The molecule has 4 nitrogen and oxygen atoms in total. The van der Waals surface area contributed by atoms with Gasteiger partial charge >= 0.3 is 0 Å². The molecule has 0 aromatic rings. The summed E-state index contributed by atoms with van der Waals surface area (Å²) in [6.45, 7) is 0. The van der Waals surface area contributed by atoms with Crippen molar-refractivity contribution in [2.45, 2.75) is 0 Å². The van der Waals surface area contributed by atoms with Crippen LogP contribution in [-0.2, 0) is 21.7 Å². The van der Waals surface area contributed by atoms with Gasteiger partial charge in [-0.3, -0.25) is 0 Å². The summed E-state index contributed by atoms with van der Waals surface area (Å²) in [5, 5.41) is 0. The zero-order valence-electron chi connectivity index (χ0n) is 2.50. The van der Waals surface area contributed by atoms with E-state index in [0.29, 0.717) is 0 Å². The van der Waals surface area contributed by atoms with Crippen LogP contribution in [0.2, 0.25) is 0 Å². The maximum atomic E-state index is 0. The number of hydrogen-bond acceptors (Lipinski definition) is 0. The molecule has 8 N–H and O–H groups in total. The van der Waals surface area contributed by atoms with Gasteiger partial charge in [-0.25, -0.2) is 0 Å². The molecule has 0 radical (unpaired) electrons. The average molecular weight is 150 g/mol. The Bertz CT molecular complexity index is 7.51. The minimum atomic E-state index is 0. The van der Waals surface area contributed by atoms with Crippen molar-refractivity contribution in [3.63, 3.8) is 0 Å². The molecule has 0 aliphatic heterocycles. The third-order valence-electron chi connectivity index (χ3n) is 0. The first-order valence-corrected chi connectivity index (χ1v) is 0. The van der Waals surface area contributed by atoms with Crippen molar-refractivity contribution in [2.75, 3.05) is 0 Å². The predicted octanol–water partition coefficient (Wildman–Crippen LogP) is -4.49. The molecule has 0 aliphatic rings. The minimum Gasteiger partial charge on any atom is -0.412 e. The molecule has 6 heavy (non-hydrogen) atoms. The summed E-state index contributed by atoms with van der Waals surface area (Å²) in [5.41, 5.74) is 0. The fourth-order valence-electron chi connectivity index (χ4n) is 0. The Morgan fingerprint density at radius 2 is 0.500 bits per heavy atom. The number of rotatable bonds is 0. The third-order valence-corrected chi connectivity index (χ3v) is 0. The van der Waals surface area contributed by atoms with E-state index in [1.807, 2.05) is 0 Å². The Hall–Kier alpha value is 1.09. The molecule has 0 bridgehead atoms. The average Bonchev–Trinajstić information content (AvgIpc) is 0. The van der Waals surface area contributed by atoms with Gasteiger partial charge in [-0.2, -0.15) is 0 Å². The van der Waals surface area contributed by atoms with Crippen LogP contribution in [0.15, 0.2) is 0 Å². The summed E-state index contributed by atoms with van der Waals surface area (Å²) < 4.78 is 0. The largest absolute Gasteiger partial charge is 0.412 e. The second-order valence-corrected chi connectivity index (χ2v) is 0. The summed E-state index contributed by atoms with van der Waals surface area (Å²) in [6, 6.07) is 0. The van der Waals surface area contributed by atoms with E-state index in [9.17, 15) is 0 Å². The summed E-state index contributed by atoms with van der Waals surface area (Å²) in [6.07, 6.45) is 0. The first kappa shape index (κ1) is 222. The van der Waals surface area contributed by atoms with E-state index >= 15 is 0 Å². The summed E-state index contributed by atoms with van der Waals surface area (Å²) in [4.78, 5) is 0. The second kappa shape index (κ2) is 133. The normalized spacial score (nSPS) is 0. The van der Waals surface area contributed by atoms with Crippen LogP contribution in [0.25, 0.3) is 0 Å². The number of hydrogen-bond donors (Lipinski definition) is 0. The quantitative estimate of drug-likeness (QED) is 0.308. The van der Waals surface area contributed by atoms with E-state index < -0.39 is 0 Å². The molecule has 0 saturated carbocycles. The zero-order valence-corrected chi connectivity index (χ0v) is 4.06. The topological polar surface area (TPSA) is 126 Å². The van der Waals surface area contributed by atoms with Crippen molar-refractivity contribution in [3.8, 4) is 0 Å². The Balaban J connectivity index is 0. The van der Waals surface area contributed by atoms with Crippen LogP contribution in [0.4, 0.5) is 0 Å². The van der Waals surface area contributed by atoms with E-state index in [2.05, 4.69) is 0 Å². The van der Waals surface area contributed by atoms with E-state index in [1.165, 1.54) is 0 Å². The van der Waals surface area contributed by atoms with Crippen LogP contribution >= 0.6 is 0 Å². The molecule has 0 amide bonds. The summed E-state index contributed by atoms with van der Waals surface area (Å²) in [7, 11) is 0. The molecule has 0 saturated heterocycles. The van der Waals surface area contributed by atoms with Gasteiger partial charge in [-0.05, 0) is 0 Å². The molecule has 0 unspecified atom stereocenters. The molecule has 0 rings (SSSR count). The van der Waals surface area contributed by atoms with Gasteiger partial charge in [0, 0.05) is 21.7 Å². The molecular weight excluding hydrogens is 139 g/mol. The zero-order chi connectivity index (χ0) is 0. The minimum absolute atomic E-state index is 0. The molecule has 0 heterocycles. The van der Waals surface area contributed by atoms with E-state index in [-0.39, 0.29) is 61.0 Å². The summed E-state index contributed by atoms with van der Waals surface area (Å²) in [5.74, 6) is 0. The maximum absolute atomic E-state index is 0.